The highest BCUT2D eigenvalue weighted by molar-refractivity contribution is 7.80. The zero-order valence-electron chi connectivity index (χ0n) is 7.85. The summed E-state index contributed by atoms with van der Waals surface area (Å²) in [4.78, 5) is 10.6. The summed E-state index contributed by atoms with van der Waals surface area (Å²) in [6.45, 7) is 8.19. The Morgan fingerprint density at radius 1 is 1.27 bits per heavy atom. The molecule has 66 valence electrons. The van der Waals surface area contributed by atoms with Crippen LogP contribution in [0.3, 0.4) is 0 Å². The van der Waals surface area contributed by atoms with Gasteiger partial charge in [0.2, 0.25) is 0 Å². The van der Waals surface area contributed by atoms with Crippen molar-refractivity contribution < 1.29 is 4.79 Å². The molecule has 0 spiro atoms. The first-order valence-electron chi connectivity index (χ1n) is 3.90. The molecule has 0 atom stereocenters. The second-order valence-electron chi connectivity index (χ2n) is 4.61. The lowest BCUT2D eigenvalue weighted by Gasteiger charge is -2.29. The largest absolute Gasteiger partial charge is 0.303 e. The van der Waals surface area contributed by atoms with Crippen molar-refractivity contribution in [2.24, 2.45) is 10.8 Å². The quantitative estimate of drug-likeness (QED) is 0.512. The summed E-state index contributed by atoms with van der Waals surface area (Å²) in [6.07, 6.45) is 1.92. The van der Waals surface area contributed by atoms with Crippen LogP contribution in [0.5, 0.6) is 0 Å². The Morgan fingerprint density at radius 3 is 2.00 bits per heavy atom. The van der Waals surface area contributed by atoms with Gasteiger partial charge < -0.3 is 4.79 Å². The Kier molecular flexibility index (Phi) is 3.62. The predicted octanol–water partition coefficient (Wildman–Crippen LogP) is 2.56. The maximum Gasteiger partial charge on any atom is 0.125 e. The SMILES string of the molecule is CC(C)(C=O)CC(C)(C)CS. The van der Waals surface area contributed by atoms with Crippen LogP contribution in [0, 0.1) is 10.8 Å². The third-order valence-corrected chi connectivity index (χ3v) is 2.54. The fraction of sp³-hybridized carbons (Fsp3) is 0.889. The minimum Gasteiger partial charge on any atom is -0.303 e. The molecule has 0 rings (SSSR count). The van der Waals surface area contributed by atoms with E-state index in [0.29, 0.717) is 0 Å². The first-order chi connectivity index (χ1) is 4.83. The molecular formula is C9H18OS. The average molecular weight is 174 g/mol. The van der Waals surface area contributed by atoms with Gasteiger partial charge in [-0.2, -0.15) is 12.6 Å². The molecule has 0 heterocycles. The van der Waals surface area contributed by atoms with Gasteiger partial charge in [0.15, 0.2) is 0 Å². The molecule has 0 aliphatic rings. The van der Waals surface area contributed by atoms with E-state index in [0.717, 1.165) is 18.5 Å². The molecule has 0 radical (unpaired) electrons. The Labute approximate surface area is 75.0 Å². The molecule has 0 saturated heterocycles. The van der Waals surface area contributed by atoms with E-state index in [-0.39, 0.29) is 10.8 Å². The zero-order chi connectivity index (χ0) is 9.12. The normalized spacial score (nSPS) is 13.2. The molecule has 0 aromatic heterocycles. The maximum atomic E-state index is 10.6. The highest BCUT2D eigenvalue weighted by atomic mass is 32.1. The number of aldehydes is 1. The number of hydrogen-bond donors (Lipinski definition) is 1. The molecular weight excluding hydrogens is 156 g/mol. The van der Waals surface area contributed by atoms with Crippen molar-refractivity contribution in [3.63, 3.8) is 0 Å². The van der Waals surface area contributed by atoms with E-state index in [9.17, 15) is 4.79 Å². The van der Waals surface area contributed by atoms with Crippen LogP contribution in [-0.2, 0) is 4.79 Å². The van der Waals surface area contributed by atoms with Gasteiger partial charge >= 0.3 is 0 Å². The summed E-state index contributed by atoms with van der Waals surface area (Å²) in [5, 5.41) is 0. The summed E-state index contributed by atoms with van der Waals surface area (Å²) in [5.74, 6) is 0.824. The van der Waals surface area contributed by atoms with Crippen molar-refractivity contribution in [3.8, 4) is 0 Å². The van der Waals surface area contributed by atoms with E-state index >= 15 is 0 Å². The standard InChI is InChI=1S/C9H18OS/c1-8(2,6-10)5-9(3,4)7-11/h6,11H,5,7H2,1-4H3. The number of thiol groups is 1. The number of hydrogen-bond acceptors (Lipinski definition) is 2. The summed E-state index contributed by atoms with van der Waals surface area (Å²) in [6, 6.07) is 0. The molecule has 0 unspecified atom stereocenters. The summed E-state index contributed by atoms with van der Waals surface area (Å²) in [5.41, 5.74) is -0.0419. The molecule has 0 aromatic rings. The summed E-state index contributed by atoms with van der Waals surface area (Å²) >= 11 is 4.24. The average Bonchev–Trinajstić information content (AvgIpc) is 1.86. The predicted molar refractivity (Wildman–Crippen MR) is 52.1 cm³/mol. The topological polar surface area (TPSA) is 17.1 Å². The lowest BCUT2D eigenvalue weighted by Crippen LogP contribution is -2.25. The van der Waals surface area contributed by atoms with Gasteiger partial charge in [0, 0.05) is 5.41 Å². The van der Waals surface area contributed by atoms with Crippen molar-refractivity contribution in [1.29, 1.82) is 0 Å². The van der Waals surface area contributed by atoms with Gasteiger partial charge in [0.25, 0.3) is 0 Å². The van der Waals surface area contributed by atoms with Crippen LogP contribution in [0.15, 0.2) is 0 Å². The van der Waals surface area contributed by atoms with E-state index < -0.39 is 0 Å². The molecule has 0 aliphatic carbocycles. The number of carbonyl (C=O) groups is 1. The van der Waals surface area contributed by atoms with Crippen LogP contribution in [0.2, 0.25) is 0 Å². The van der Waals surface area contributed by atoms with Crippen LogP contribution in [0.4, 0.5) is 0 Å². The van der Waals surface area contributed by atoms with Gasteiger partial charge in [-0.05, 0) is 17.6 Å². The van der Waals surface area contributed by atoms with Crippen molar-refractivity contribution in [1.82, 2.24) is 0 Å². The molecule has 0 N–H and O–H groups in total. The monoisotopic (exact) mass is 174 g/mol. The lowest BCUT2D eigenvalue weighted by atomic mass is 9.77. The summed E-state index contributed by atoms with van der Waals surface area (Å²) in [7, 11) is 0. The number of carbonyl (C=O) groups excluding carboxylic acids is 1. The van der Waals surface area contributed by atoms with E-state index in [2.05, 4.69) is 26.5 Å². The maximum absolute atomic E-state index is 10.6. The van der Waals surface area contributed by atoms with Crippen LogP contribution >= 0.6 is 12.6 Å². The van der Waals surface area contributed by atoms with Crippen LogP contribution in [0.25, 0.3) is 0 Å². The highest BCUT2D eigenvalue weighted by Gasteiger charge is 2.27. The second kappa shape index (κ2) is 3.61. The molecule has 0 bridgehead atoms. The molecule has 0 fully saturated rings. The Bertz CT molecular complexity index is 138. The lowest BCUT2D eigenvalue weighted by molar-refractivity contribution is -0.115. The summed E-state index contributed by atoms with van der Waals surface area (Å²) < 4.78 is 0. The van der Waals surface area contributed by atoms with Gasteiger partial charge in [-0.15, -0.1) is 0 Å². The Hall–Kier alpha value is 0.0200. The van der Waals surface area contributed by atoms with Crippen molar-refractivity contribution >= 4 is 18.9 Å². The minimum atomic E-state index is -0.202. The van der Waals surface area contributed by atoms with E-state index in [1.165, 1.54) is 0 Å². The van der Waals surface area contributed by atoms with Crippen molar-refractivity contribution in [2.75, 3.05) is 5.75 Å². The van der Waals surface area contributed by atoms with Crippen LogP contribution in [-0.4, -0.2) is 12.0 Å². The fourth-order valence-electron chi connectivity index (χ4n) is 1.33. The molecule has 0 aliphatic heterocycles. The van der Waals surface area contributed by atoms with Crippen LogP contribution < -0.4 is 0 Å². The Morgan fingerprint density at radius 2 is 1.73 bits per heavy atom. The first-order valence-corrected chi connectivity index (χ1v) is 4.53. The van der Waals surface area contributed by atoms with Crippen molar-refractivity contribution in [2.45, 2.75) is 34.1 Å². The molecule has 0 saturated carbocycles. The van der Waals surface area contributed by atoms with Gasteiger partial charge in [-0.25, -0.2) is 0 Å². The molecule has 11 heavy (non-hydrogen) atoms. The zero-order valence-corrected chi connectivity index (χ0v) is 8.74. The molecule has 2 heteroatoms. The third kappa shape index (κ3) is 4.46. The molecule has 0 aromatic carbocycles. The smallest absolute Gasteiger partial charge is 0.125 e. The van der Waals surface area contributed by atoms with Gasteiger partial charge in [-0.1, -0.05) is 27.7 Å². The first kappa shape index (κ1) is 11.0. The van der Waals surface area contributed by atoms with Gasteiger partial charge in [-0.3, -0.25) is 0 Å². The van der Waals surface area contributed by atoms with Crippen molar-refractivity contribution in [3.05, 3.63) is 0 Å². The van der Waals surface area contributed by atoms with Gasteiger partial charge in [0.05, 0.1) is 0 Å². The van der Waals surface area contributed by atoms with E-state index in [1.54, 1.807) is 0 Å². The number of rotatable bonds is 4. The Balaban J connectivity index is 4.12. The molecule has 0 amide bonds. The van der Waals surface area contributed by atoms with Crippen LogP contribution in [0.1, 0.15) is 34.1 Å². The minimum absolute atomic E-state index is 0.160. The molecule has 1 nitrogen and oxygen atoms in total. The van der Waals surface area contributed by atoms with E-state index in [4.69, 9.17) is 0 Å². The highest BCUT2D eigenvalue weighted by Crippen LogP contribution is 2.32. The fourth-order valence-corrected chi connectivity index (χ4v) is 1.44. The van der Waals surface area contributed by atoms with E-state index in [1.807, 2.05) is 13.8 Å². The van der Waals surface area contributed by atoms with Gasteiger partial charge in [0.1, 0.15) is 6.29 Å². The third-order valence-electron chi connectivity index (χ3n) is 1.68. The second-order valence-corrected chi connectivity index (χ2v) is 4.92.